The van der Waals surface area contributed by atoms with Crippen LogP contribution in [0.3, 0.4) is 0 Å². The van der Waals surface area contributed by atoms with Gasteiger partial charge in [0, 0.05) is 16.5 Å². The Morgan fingerprint density at radius 2 is 1.93 bits per heavy atom. The van der Waals surface area contributed by atoms with Crippen molar-refractivity contribution >= 4 is 11.3 Å². The van der Waals surface area contributed by atoms with E-state index in [4.69, 9.17) is 5.73 Å². The molecule has 78 valence electrons. The Bertz CT molecular complexity index is 446. The normalized spacial score (nSPS) is 12.7. The molecule has 15 heavy (non-hydrogen) atoms. The molecule has 1 unspecified atom stereocenters. The van der Waals surface area contributed by atoms with Gasteiger partial charge >= 0.3 is 0 Å². The van der Waals surface area contributed by atoms with E-state index in [1.807, 2.05) is 32.0 Å². The van der Waals surface area contributed by atoms with Gasteiger partial charge in [-0.25, -0.2) is 4.98 Å². The predicted molar refractivity (Wildman–Crippen MR) is 64.9 cm³/mol. The lowest BCUT2D eigenvalue weighted by molar-refractivity contribution is 0.825. The van der Waals surface area contributed by atoms with Gasteiger partial charge in [-0.15, -0.1) is 11.3 Å². The molecule has 1 aromatic carbocycles. The van der Waals surface area contributed by atoms with Crippen LogP contribution in [-0.4, -0.2) is 4.98 Å². The summed E-state index contributed by atoms with van der Waals surface area (Å²) in [6.07, 6.45) is 0. The molecule has 0 amide bonds. The fourth-order valence-corrected chi connectivity index (χ4v) is 2.56. The largest absolute Gasteiger partial charge is 0.323 e. The Morgan fingerprint density at radius 3 is 2.47 bits per heavy atom. The second-order valence-corrected chi connectivity index (χ2v) is 4.65. The number of nitrogens with two attached hydrogens (primary N) is 1. The molecule has 3 heteroatoms. The third-order valence-electron chi connectivity index (χ3n) is 2.27. The minimum atomic E-state index is 0.0694. The van der Waals surface area contributed by atoms with Crippen molar-refractivity contribution in [2.24, 2.45) is 5.73 Å². The molecule has 0 aliphatic carbocycles. The molecule has 0 saturated carbocycles. The summed E-state index contributed by atoms with van der Waals surface area (Å²) in [5.41, 5.74) is 8.09. The van der Waals surface area contributed by atoms with E-state index in [0.29, 0.717) is 0 Å². The SMILES string of the molecule is Cc1nc(-c2ccccc2)sc1C(C)N. The lowest BCUT2D eigenvalue weighted by atomic mass is 10.2. The zero-order chi connectivity index (χ0) is 10.8. The molecule has 2 N–H and O–H groups in total. The van der Waals surface area contributed by atoms with E-state index in [9.17, 15) is 0 Å². The van der Waals surface area contributed by atoms with Crippen LogP contribution in [0.1, 0.15) is 23.5 Å². The van der Waals surface area contributed by atoms with E-state index in [1.165, 1.54) is 4.88 Å². The van der Waals surface area contributed by atoms with Gasteiger partial charge in [-0.05, 0) is 13.8 Å². The number of aromatic nitrogens is 1. The molecule has 0 bridgehead atoms. The Labute approximate surface area is 93.8 Å². The number of benzene rings is 1. The molecule has 0 radical (unpaired) electrons. The molecular weight excluding hydrogens is 204 g/mol. The first kappa shape index (κ1) is 10.3. The maximum atomic E-state index is 5.88. The molecule has 0 aliphatic heterocycles. The summed E-state index contributed by atoms with van der Waals surface area (Å²) in [4.78, 5) is 5.72. The van der Waals surface area contributed by atoms with Crippen molar-refractivity contribution in [1.29, 1.82) is 0 Å². The van der Waals surface area contributed by atoms with Crippen LogP contribution in [0.25, 0.3) is 10.6 Å². The number of rotatable bonds is 2. The van der Waals surface area contributed by atoms with Crippen LogP contribution in [0.2, 0.25) is 0 Å². The zero-order valence-electron chi connectivity index (χ0n) is 8.90. The van der Waals surface area contributed by atoms with Gasteiger partial charge in [0.1, 0.15) is 5.01 Å². The fourth-order valence-electron chi connectivity index (χ4n) is 1.53. The zero-order valence-corrected chi connectivity index (χ0v) is 9.71. The van der Waals surface area contributed by atoms with Crippen LogP contribution in [0.15, 0.2) is 30.3 Å². The summed E-state index contributed by atoms with van der Waals surface area (Å²) < 4.78 is 0. The van der Waals surface area contributed by atoms with Crippen molar-refractivity contribution in [2.45, 2.75) is 19.9 Å². The van der Waals surface area contributed by atoms with E-state index >= 15 is 0 Å². The van der Waals surface area contributed by atoms with Gasteiger partial charge in [0.15, 0.2) is 0 Å². The average Bonchev–Trinajstić information content (AvgIpc) is 2.62. The van der Waals surface area contributed by atoms with Crippen molar-refractivity contribution in [1.82, 2.24) is 4.98 Å². The van der Waals surface area contributed by atoms with Crippen molar-refractivity contribution in [3.05, 3.63) is 40.9 Å². The van der Waals surface area contributed by atoms with Crippen molar-refractivity contribution < 1.29 is 0 Å². The standard InChI is InChI=1S/C12H14N2S/c1-8(13)11-9(2)14-12(15-11)10-6-4-3-5-7-10/h3-8H,13H2,1-2H3. The summed E-state index contributed by atoms with van der Waals surface area (Å²) in [6.45, 7) is 4.01. The smallest absolute Gasteiger partial charge is 0.123 e. The summed E-state index contributed by atoms with van der Waals surface area (Å²) in [5, 5.41) is 1.06. The van der Waals surface area contributed by atoms with Crippen LogP contribution >= 0.6 is 11.3 Å². The van der Waals surface area contributed by atoms with Gasteiger partial charge < -0.3 is 5.73 Å². The Morgan fingerprint density at radius 1 is 1.27 bits per heavy atom. The second kappa shape index (κ2) is 4.13. The van der Waals surface area contributed by atoms with Crippen LogP contribution in [0, 0.1) is 6.92 Å². The highest BCUT2D eigenvalue weighted by atomic mass is 32.1. The van der Waals surface area contributed by atoms with E-state index in [-0.39, 0.29) is 6.04 Å². The van der Waals surface area contributed by atoms with E-state index < -0.39 is 0 Å². The minimum Gasteiger partial charge on any atom is -0.323 e. The van der Waals surface area contributed by atoms with Gasteiger partial charge in [0.25, 0.3) is 0 Å². The molecule has 2 aromatic rings. The number of hydrogen-bond acceptors (Lipinski definition) is 3. The second-order valence-electron chi connectivity index (χ2n) is 3.62. The average molecular weight is 218 g/mol. The van der Waals surface area contributed by atoms with Crippen LogP contribution in [0.5, 0.6) is 0 Å². The first-order valence-corrected chi connectivity index (χ1v) is 5.78. The molecule has 1 heterocycles. The lowest BCUT2D eigenvalue weighted by Crippen LogP contribution is -2.03. The van der Waals surface area contributed by atoms with E-state index in [0.717, 1.165) is 16.3 Å². The highest BCUT2D eigenvalue weighted by Crippen LogP contribution is 2.30. The van der Waals surface area contributed by atoms with Gasteiger partial charge in [-0.1, -0.05) is 30.3 Å². The molecule has 2 rings (SSSR count). The lowest BCUT2D eigenvalue weighted by Gasteiger charge is -1.99. The maximum Gasteiger partial charge on any atom is 0.123 e. The maximum absolute atomic E-state index is 5.88. The van der Waals surface area contributed by atoms with Crippen LogP contribution < -0.4 is 5.73 Å². The minimum absolute atomic E-state index is 0.0694. The third-order valence-corrected chi connectivity index (χ3v) is 3.67. The number of nitrogens with zero attached hydrogens (tertiary/aromatic N) is 1. The molecule has 0 spiro atoms. The van der Waals surface area contributed by atoms with Crippen LogP contribution in [-0.2, 0) is 0 Å². The molecule has 1 atom stereocenters. The van der Waals surface area contributed by atoms with Gasteiger partial charge in [-0.3, -0.25) is 0 Å². The monoisotopic (exact) mass is 218 g/mol. The number of aryl methyl sites for hydroxylation is 1. The van der Waals surface area contributed by atoms with Crippen LogP contribution in [0.4, 0.5) is 0 Å². The molecule has 1 aromatic heterocycles. The van der Waals surface area contributed by atoms with Crippen molar-refractivity contribution in [3.8, 4) is 10.6 Å². The Hall–Kier alpha value is -1.19. The fraction of sp³-hybridized carbons (Fsp3) is 0.250. The Balaban J connectivity index is 2.43. The topological polar surface area (TPSA) is 38.9 Å². The molecule has 0 fully saturated rings. The molecule has 0 saturated heterocycles. The Kier molecular flexibility index (Phi) is 2.84. The summed E-state index contributed by atoms with van der Waals surface area (Å²) >= 11 is 1.68. The summed E-state index contributed by atoms with van der Waals surface area (Å²) in [6, 6.07) is 10.3. The summed E-state index contributed by atoms with van der Waals surface area (Å²) in [7, 11) is 0. The third kappa shape index (κ3) is 2.08. The van der Waals surface area contributed by atoms with Gasteiger partial charge in [-0.2, -0.15) is 0 Å². The first-order valence-electron chi connectivity index (χ1n) is 4.97. The number of hydrogen-bond donors (Lipinski definition) is 1. The van der Waals surface area contributed by atoms with Gasteiger partial charge in [0.05, 0.1) is 5.69 Å². The quantitative estimate of drug-likeness (QED) is 0.841. The highest BCUT2D eigenvalue weighted by Gasteiger charge is 2.11. The van der Waals surface area contributed by atoms with Gasteiger partial charge in [0.2, 0.25) is 0 Å². The van der Waals surface area contributed by atoms with Crippen molar-refractivity contribution in [3.63, 3.8) is 0 Å². The van der Waals surface area contributed by atoms with E-state index in [1.54, 1.807) is 11.3 Å². The van der Waals surface area contributed by atoms with Crippen molar-refractivity contribution in [2.75, 3.05) is 0 Å². The summed E-state index contributed by atoms with van der Waals surface area (Å²) in [5.74, 6) is 0. The molecular formula is C12H14N2S. The molecule has 2 nitrogen and oxygen atoms in total. The molecule has 0 aliphatic rings. The van der Waals surface area contributed by atoms with E-state index in [2.05, 4.69) is 17.1 Å². The highest BCUT2D eigenvalue weighted by molar-refractivity contribution is 7.15. The number of thiazole rings is 1. The first-order chi connectivity index (χ1) is 7.18. The predicted octanol–water partition coefficient (Wildman–Crippen LogP) is 3.14.